The second kappa shape index (κ2) is 3.20. The van der Waals surface area contributed by atoms with Crippen molar-refractivity contribution in [2.75, 3.05) is 0 Å². The number of hydrogen-bond acceptors (Lipinski definition) is 2. The Morgan fingerprint density at radius 1 is 1.82 bits per heavy atom. The number of thiophene rings is 1. The molecule has 1 nitrogen and oxygen atoms in total. The molecule has 0 radical (unpaired) electrons. The normalized spacial score (nSPS) is 15.8. The minimum absolute atomic E-state index is 0.226. The van der Waals surface area contributed by atoms with E-state index in [1.807, 2.05) is 24.4 Å². The molecule has 0 bridgehead atoms. The van der Waals surface area contributed by atoms with Crippen LogP contribution in [0.5, 0.6) is 0 Å². The molecule has 1 heterocycles. The van der Waals surface area contributed by atoms with E-state index in [4.69, 9.17) is 5.73 Å². The molecule has 2 heteroatoms. The highest BCUT2D eigenvalue weighted by Gasteiger charge is 2.19. The molecule has 11 heavy (non-hydrogen) atoms. The third-order valence-electron chi connectivity index (χ3n) is 1.65. The molecule has 0 fully saturated rings. The van der Waals surface area contributed by atoms with Crippen molar-refractivity contribution in [2.45, 2.75) is 18.9 Å². The van der Waals surface area contributed by atoms with Gasteiger partial charge in [0.2, 0.25) is 0 Å². The summed E-state index contributed by atoms with van der Waals surface area (Å²) in [6, 6.07) is 4.09. The fraction of sp³-hybridized carbons (Fsp3) is 0.333. The number of rotatable bonds is 3. The summed E-state index contributed by atoms with van der Waals surface area (Å²) in [5.74, 6) is 0. The largest absolute Gasteiger partial charge is 0.321 e. The van der Waals surface area contributed by atoms with Crippen molar-refractivity contribution in [1.82, 2.24) is 0 Å². The van der Waals surface area contributed by atoms with Gasteiger partial charge >= 0.3 is 0 Å². The van der Waals surface area contributed by atoms with Gasteiger partial charge in [0.1, 0.15) is 0 Å². The first-order valence-electron chi connectivity index (χ1n) is 3.60. The fourth-order valence-corrected chi connectivity index (χ4v) is 1.82. The van der Waals surface area contributed by atoms with Gasteiger partial charge in [-0.05, 0) is 24.8 Å². The summed E-state index contributed by atoms with van der Waals surface area (Å²) in [5, 5.41) is 2.05. The molecule has 0 aliphatic carbocycles. The summed E-state index contributed by atoms with van der Waals surface area (Å²) < 4.78 is 0. The summed E-state index contributed by atoms with van der Waals surface area (Å²) in [6.07, 6.45) is 2.69. The zero-order valence-electron chi connectivity index (χ0n) is 6.71. The summed E-state index contributed by atoms with van der Waals surface area (Å²) in [5.41, 5.74) is 5.81. The first-order chi connectivity index (χ1) is 5.17. The molecule has 0 aliphatic heterocycles. The summed E-state index contributed by atoms with van der Waals surface area (Å²) >= 11 is 1.70. The van der Waals surface area contributed by atoms with Crippen LogP contribution in [-0.4, -0.2) is 0 Å². The van der Waals surface area contributed by atoms with Crippen molar-refractivity contribution in [3.05, 3.63) is 35.0 Å². The van der Waals surface area contributed by atoms with E-state index in [1.54, 1.807) is 11.3 Å². The van der Waals surface area contributed by atoms with E-state index in [2.05, 4.69) is 12.6 Å². The van der Waals surface area contributed by atoms with Crippen LogP contribution in [0.15, 0.2) is 30.2 Å². The second-order valence-electron chi connectivity index (χ2n) is 2.89. The van der Waals surface area contributed by atoms with Crippen LogP contribution in [0.25, 0.3) is 0 Å². The monoisotopic (exact) mass is 167 g/mol. The van der Waals surface area contributed by atoms with E-state index in [0.29, 0.717) is 0 Å². The highest BCUT2D eigenvalue weighted by molar-refractivity contribution is 7.10. The Balaban J connectivity index is 2.81. The molecule has 0 aromatic carbocycles. The van der Waals surface area contributed by atoms with Gasteiger partial charge in [0, 0.05) is 4.88 Å². The number of nitrogens with two attached hydrogens (primary N) is 1. The van der Waals surface area contributed by atoms with Gasteiger partial charge in [0.25, 0.3) is 0 Å². The lowest BCUT2D eigenvalue weighted by molar-refractivity contribution is 0.513. The Morgan fingerprint density at radius 2 is 2.55 bits per heavy atom. The van der Waals surface area contributed by atoms with Crippen LogP contribution in [-0.2, 0) is 5.54 Å². The lowest BCUT2D eigenvalue weighted by Gasteiger charge is -2.20. The van der Waals surface area contributed by atoms with Crippen LogP contribution in [0.2, 0.25) is 0 Å². The van der Waals surface area contributed by atoms with Gasteiger partial charge in [-0.3, -0.25) is 0 Å². The van der Waals surface area contributed by atoms with Crippen LogP contribution in [0.4, 0.5) is 0 Å². The molecule has 0 saturated heterocycles. The SMILES string of the molecule is C=CCC(C)(N)c1cccs1. The van der Waals surface area contributed by atoms with E-state index in [1.165, 1.54) is 4.88 Å². The first-order valence-corrected chi connectivity index (χ1v) is 4.48. The molecule has 60 valence electrons. The van der Waals surface area contributed by atoms with E-state index in [-0.39, 0.29) is 5.54 Å². The van der Waals surface area contributed by atoms with Gasteiger partial charge in [-0.15, -0.1) is 17.9 Å². The van der Waals surface area contributed by atoms with Gasteiger partial charge in [0.15, 0.2) is 0 Å². The predicted molar refractivity (Wildman–Crippen MR) is 50.7 cm³/mol. The molecule has 1 unspecified atom stereocenters. The van der Waals surface area contributed by atoms with Crippen molar-refractivity contribution < 1.29 is 0 Å². The van der Waals surface area contributed by atoms with Crippen LogP contribution in [0, 0.1) is 0 Å². The van der Waals surface area contributed by atoms with Crippen molar-refractivity contribution in [3.63, 3.8) is 0 Å². The third kappa shape index (κ3) is 1.91. The molecule has 2 N–H and O–H groups in total. The molecule has 1 atom stereocenters. The van der Waals surface area contributed by atoms with Crippen LogP contribution in [0.1, 0.15) is 18.2 Å². The molecular formula is C9H13NS. The molecule has 1 aromatic heterocycles. The zero-order valence-corrected chi connectivity index (χ0v) is 7.53. The summed E-state index contributed by atoms with van der Waals surface area (Å²) in [4.78, 5) is 1.22. The molecular weight excluding hydrogens is 154 g/mol. The summed E-state index contributed by atoms with van der Waals surface area (Å²) in [7, 11) is 0. The predicted octanol–water partition coefficient (Wildman–Crippen LogP) is 2.50. The van der Waals surface area contributed by atoms with Crippen LogP contribution < -0.4 is 5.73 Å². The molecule has 0 spiro atoms. The Hall–Kier alpha value is -0.600. The third-order valence-corrected chi connectivity index (χ3v) is 2.80. The van der Waals surface area contributed by atoms with Gasteiger partial charge in [-0.25, -0.2) is 0 Å². The maximum Gasteiger partial charge on any atom is 0.0509 e. The smallest absolute Gasteiger partial charge is 0.0509 e. The zero-order chi connectivity index (χ0) is 8.32. The average Bonchev–Trinajstić information content (AvgIpc) is 2.37. The van der Waals surface area contributed by atoms with Crippen LogP contribution in [0.3, 0.4) is 0 Å². The maximum atomic E-state index is 6.03. The average molecular weight is 167 g/mol. The molecule has 1 rings (SSSR count). The van der Waals surface area contributed by atoms with Gasteiger partial charge < -0.3 is 5.73 Å². The lowest BCUT2D eigenvalue weighted by atomic mass is 9.98. The minimum Gasteiger partial charge on any atom is -0.321 e. The first kappa shape index (κ1) is 8.50. The van der Waals surface area contributed by atoms with E-state index in [0.717, 1.165) is 6.42 Å². The second-order valence-corrected chi connectivity index (χ2v) is 3.84. The quantitative estimate of drug-likeness (QED) is 0.688. The topological polar surface area (TPSA) is 26.0 Å². The Kier molecular flexibility index (Phi) is 2.47. The fourth-order valence-electron chi connectivity index (χ4n) is 1.00. The molecule has 0 saturated carbocycles. The molecule has 0 amide bonds. The summed E-state index contributed by atoms with van der Waals surface area (Å²) in [6.45, 7) is 5.71. The van der Waals surface area contributed by atoms with Gasteiger partial charge in [0.05, 0.1) is 5.54 Å². The lowest BCUT2D eigenvalue weighted by Crippen LogP contribution is -2.30. The van der Waals surface area contributed by atoms with Crippen LogP contribution >= 0.6 is 11.3 Å². The molecule has 0 aliphatic rings. The van der Waals surface area contributed by atoms with Gasteiger partial charge in [-0.1, -0.05) is 12.1 Å². The van der Waals surface area contributed by atoms with Crippen molar-refractivity contribution in [2.24, 2.45) is 5.73 Å². The highest BCUT2D eigenvalue weighted by Crippen LogP contribution is 2.25. The van der Waals surface area contributed by atoms with E-state index >= 15 is 0 Å². The minimum atomic E-state index is -0.226. The highest BCUT2D eigenvalue weighted by atomic mass is 32.1. The van der Waals surface area contributed by atoms with Crippen molar-refractivity contribution in [3.8, 4) is 0 Å². The standard InChI is InChI=1S/C9H13NS/c1-3-6-9(2,10)8-5-4-7-11-8/h3-5,7H,1,6,10H2,2H3. The Bertz CT molecular complexity index is 224. The molecule has 1 aromatic rings. The van der Waals surface area contributed by atoms with E-state index in [9.17, 15) is 0 Å². The number of hydrogen-bond donors (Lipinski definition) is 1. The Morgan fingerprint density at radius 3 is 3.00 bits per heavy atom. The Labute approximate surface area is 71.5 Å². The van der Waals surface area contributed by atoms with E-state index < -0.39 is 0 Å². The maximum absolute atomic E-state index is 6.03. The van der Waals surface area contributed by atoms with Gasteiger partial charge in [-0.2, -0.15) is 0 Å². The van der Waals surface area contributed by atoms with Crippen molar-refractivity contribution >= 4 is 11.3 Å². The van der Waals surface area contributed by atoms with Crippen molar-refractivity contribution in [1.29, 1.82) is 0 Å².